The average Bonchev–Trinajstić information content (AvgIpc) is 2.61. The molecule has 1 aromatic rings. The van der Waals surface area contributed by atoms with E-state index in [1.165, 1.54) is 43.1 Å². The normalized spacial score (nSPS) is 20.8. The Morgan fingerprint density at radius 3 is 2.56 bits per heavy atom. The summed E-state index contributed by atoms with van der Waals surface area (Å²) in [6.07, 6.45) is 3.40. The van der Waals surface area contributed by atoms with E-state index in [1.54, 1.807) is 7.11 Å². The molecule has 1 fully saturated rings. The molecule has 0 unspecified atom stereocenters. The number of methoxy groups -OCH3 is 1. The summed E-state index contributed by atoms with van der Waals surface area (Å²) in [6, 6.07) is 8.84. The van der Waals surface area contributed by atoms with Crippen molar-refractivity contribution in [3.05, 3.63) is 29.6 Å². The number of rotatable bonds is 10. The van der Waals surface area contributed by atoms with Gasteiger partial charge in [0.25, 0.3) is 6.43 Å². The summed E-state index contributed by atoms with van der Waals surface area (Å²) in [7, 11) is 1.12. The van der Waals surface area contributed by atoms with Gasteiger partial charge in [-0.15, -0.1) is 0 Å². The fraction of sp³-hybridized carbons (Fsp3) is 0.684. The maximum Gasteiger partial charge on any atom is 0.272 e. The van der Waals surface area contributed by atoms with Crippen molar-refractivity contribution in [3.8, 4) is 5.75 Å². The van der Waals surface area contributed by atoms with Crippen LogP contribution in [0, 0.1) is 5.82 Å². The van der Waals surface area contributed by atoms with Crippen LogP contribution in [0.15, 0.2) is 18.2 Å². The van der Waals surface area contributed by atoms with Gasteiger partial charge in [-0.25, -0.2) is 13.2 Å². The molecule has 0 spiro atoms. The molecule has 1 aromatic carbocycles. The summed E-state index contributed by atoms with van der Waals surface area (Å²) >= 11 is 0. The molecule has 25 heavy (non-hydrogen) atoms. The molecule has 6 heteroatoms. The van der Waals surface area contributed by atoms with E-state index in [0.29, 0.717) is 5.92 Å². The molecule has 0 bridgehead atoms. The highest BCUT2D eigenvalue weighted by Gasteiger charge is 2.23. The van der Waals surface area contributed by atoms with Gasteiger partial charge in [0, 0.05) is 22.5 Å². The fourth-order valence-electron chi connectivity index (χ4n) is 3.68. The number of ether oxygens (including phenoxy) is 2. The molecule has 0 atom stereocenters. The third-order valence-corrected chi connectivity index (χ3v) is 8.62. The monoisotopic (exact) mass is 374 g/mol. The van der Waals surface area contributed by atoms with Gasteiger partial charge in [-0.3, -0.25) is 0 Å². The standard InChI is InChI=1S/C19H29F3O2Si/c1-23-9-3-2-4-10-25-11-7-15(8-12-25)16-5-6-18(17(20)13-16)24-14-19(21)22/h5-6,13,15,19,25H,2-4,7-12,14H2,1H3. The van der Waals surface area contributed by atoms with Gasteiger partial charge in [0.2, 0.25) is 0 Å². The van der Waals surface area contributed by atoms with Gasteiger partial charge >= 0.3 is 0 Å². The molecule has 0 saturated carbocycles. The zero-order chi connectivity index (χ0) is 18.1. The molecule has 0 amide bonds. The first-order valence-electron chi connectivity index (χ1n) is 9.29. The number of halogens is 3. The van der Waals surface area contributed by atoms with Crippen LogP contribution in [-0.4, -0.2) is 35.5 Å². The molecule has 1 saturated heterocycles. The predicted octanol–water partition coefficient (Wildman–Crippen LogP) is 5.39. The lowest BCUT2D eigenvalue weighted by molar-refractivity contribution is 0.0799. The van der Waals surface area contributed by atoms with E-state index >= 15 is 0 Å². The summed E-state index contributed by atoms with van der Waals surface area (Å²) in [4.78, 5) is 0. The predicted molar refractivity (Wildman–Crippen MR) is 97.2 cm³/mol. The van der Waals surface area contributed by atoms with Crippen LogP contribution in [0.1, 0.15) is 43.6 Å². The lowest BCUT2D eigenvalue weighted by atomic mass is 9.93. The highest BCUT2D eigenvalue weighted by molar-refractivity contribution is 6.59. The smallest absolute Gasteiger partial charge is 0.272 e. The molecule has 2 rings (SSSR count). The lowest BCUT2D eigenvalue weighted by Crippen LogP contribution is -2.20. The van der Waals surface area contributed by atoms with E-state index in [1.807, 2.05) is 6.07 Å². The maximum absolute atomic E-state index is 14.0. The first kappa shape index (κ1) is 20.3. The zero-order valence-corrected chi connectivity index (χ0v) is 16.1. The number of unbranched alkanes of at least 4 members (excludes halogenated alkanes) is 2. The Bertz CT molecular complexity index is 505. The highest BCUT2D eigenvalue weighted by atomic mass is 28.3. The summed E-state index contributed by atoms with van der Waals surface area (Å²) in [5.41, 5.74) is 0.981. The molecule has 0 radical (unpaired) electrons. The Kier molecular flexibility index (Phi) is 8.82. The van der Waals surface area contributed by atoms with Crippen LogP contribution in [0.4, 0.5) is 13.2 Å². The average molecular weight is 375 g/mol. The second-order valence-corrected chi connectivity index (χ2v) is 10.4. The summed E-state index contributed by atoms with van der Waals surface area (Å²) in [5, 5.41) is 0. The Morgan fingerprint density at radius 1 is 1.16 bits per heavy atom. The molecule has 2 nitrogen and oxygen atoms in total. The van der Waals surface area contributed by atoms with E-state index in [-0.39, 0.29) is 5.75 Å². The van der Waals surface area contributed by atoms with Gasteiger partial charge < -0.3 is 9.47 Å². The Hall–Kier alpha value is -1.01. The maximum atomic E-state index is 14.0. The van der Waals surface area contributed by atoms with Crippen LogP contribution >= 0.6 is 0 Å². The first-order chi connectivity index (χ1) is 12.1. The van der Waals surface area contributed by atoms with Crippen molar-refractivity contribution in [1.29, 1.82) is 0 Å². The highest BCUT2D eigenvalue weighted by Crippen LogP contribution is 2.36. The minimum absolute atomic E-state index is 0.0804. The van der Waals surface area contributed by atoms with Crippen LogP contribution in [-0.2, 0) is 4.74 Å². The van der Waals surface area contributed by atoms with Crippen molar-refractivity contribution in [3.63, 3.8) is 0 Å². The third kappa shape index (κ3) is 7.02. The number of hydrogen-bond acceptors (Lipinski definition) is 2. The van der Waals surface area contributed by atoms with E-state index in [4.69, 9.17) is 9.47 Å². The second kappa shape index (κ2) is 10.9. The summed E-state index contributed by atoms with van der Waals surface area (Å²) < 4.78 is 48.2. The molecule has 1 aliphatic rings. The van der Waals surface area contributed by atoms with Crippen LogP contribution in [0.25, 0.3) is 0 Å². The van der Waals surface area contributed by atoms with Gasteiger partial charge in [-0.1, -0.05) is 37.0 Å². The van der Waals surface area contributed by atoms with E-state index < -0.39 is 27.6 Å². The van der Waals surface area contributed by atoms with Crippen molar-refractivity contribution in [2.75, 3.05) is 20.3 Å². The molecular formula is C19H29F3O2Si. The van der Waals surface area contributed by atoms with Crippen molar-refractivity contribution in [1.82, 2.24) is 0 Å². The molecule has 0 aromatic heterocycles. The Balaban J connectivity index is 1.75. The van der Waals surface area contributed by atoms with Crippen LogP contribution in [0.2, 0.25) is 18.1 Å². The van der Waals surface area contributed by atoms with Gasteiger partial charge in [0.1, 0.15) is 6.61 Å². The topological polar surface area (TPSA) is 18.5 Å². The van der Waals surface area contributed by atoms with Crippen molar-refractivity contribution >= 4 is 8.80 Å². The number of alkyl halides is 2. The van der Waals surface area contributed by atoms with E-state index in [0.717, 1.165) is 31.4 Å². The number of hydrogen-bond donors (Lipinski definition) is 0. The van der Waals surface area contributed by atoms with Gasteiger partial charge in [0.15, 0.2) is 11.6 Å². The van der Waals surface area contributed by atoms with E-state index in [2.05, 4.69) is 0 Å². The quantitative estimate of drug-likeness (QED) is 0.404. The molecule has 142 valence electrons. The summed E-state index contributed by atoms with van der Waals surface area (Å²) in [6.45, 7) is 0.0915. The number of benzene rings is 1. The minimum atomic E-state index is -2.59. The van der Waals surface area contributed by atoms with Gasteiger partial charge in [-0.2, -0.15) is 0 Å². The van der Waals surface area contributed by atoms with Gasteiger partial charge in [-0.05, 0) is 42.9 Å². The zero-order valence-electron chi connectivity index (χ0n) is 15.0. The summed E-state index contributed by atoms with van der Waals surface area (Å²) in [5.74, 6) is -0.213. The first-order valence-corrected chi connectivity index (χ1v) is 11.7. The van der Waals surface area contributed by atoms with Crippen LogP contribution in [0.5, 0.6) is 5.75 Å². The molecule has 1 aliphatic heterocycles. The van der Waals surface area contributed by atoms with Crippen LogP contribution in [0.3, 0.4) is 0 Å². The Labute approximate surface area is 150 Å². The fourth-order valence-corrected chi connectivity index (χ4v) is 7.16. The molecule has 0 N–H and O–H groups in total. The molecule has 0 aliphatic carbocycles. The van der Waals surface area contributed by atoms with Crippen molar-refractivity contribution in [2.24, 2.45) is 0 Å². The van der Waals surface area contributed by atoms with Gasteiger partial charge in [0.05, 0.1) is 0 Å². The largest absolute Gasteiger partial charge is 0.485 e. The molecule has 1 heterocycles. The van der Waals surface area contributed by atoms with Crippen molar-refractivity contribution in [2.45, 2.75) is 62.6 Å². The van der Waals surface area contributed by atoms with E-state index in [9.17, 15) is 13.2 Å². The minimum Gasteiger partial charge on any atom is -0.485 e. The Morgan fingerprint density at radius 2 is 1.92 bits per heavy atom. The third-order valence-electron chi connectivity index (χ3n) is 5.10. The second-order valence-electron chi connectivity index (χ2n) is 6.95. The molecular weight excluding hydrogens is 345 g/mol. The van der Waals surface area contributed by atoms with Crippen LogP contribution < -0.4 is 4.74 Å². The van der Waals surface area contributed by atoms with Crippen molar-refractivity contribution < 1.29 is 22.6 Å². The SMILES string of the molecule is COCCCCC[SiH]1CCC(c2ccc(OCC(F)F)c(F)c2)CC1. The lowest BCUT2D eigenvalue weighted by Gasteiger charge is -2.28.